The second-order valence-corrected chi connectivity index (χ2v) is 14.8. The fourth-order valence-corrected chi connectivity index (χ4v) is 14.0. The molecule has 0 fully saturated rings. The van der Waals surface area contributed by atoms with Crippen LogP contribution in [0.25, 0.3) is 0 Å². The number of rotatable bonds is 6. The summed E-state index contributed by atoms with van der Waals surface area (Å²) in [5.41, 5.74) is 0. The summed E-state index contributed by atoms with van der Waals surface area (Å²) >= 11 is -2.23. The molecule has 0 aliphatic carbocycles. The van der Waals surface area contributed by atoms with E-state index in [4.69, 9.17) is 0 Å². The molecule has 0 atom stereocenters. The van der Waals surface area contributed by atoms with Crippen LogP contribution >= 0.6 is 11.3 Å². The summed E-state index contributed by atoms with van der Waals surface area (Å²) in [4.78, 5) is 27.7. The molecule has 30 heavy (non-hydrogen) atoms. The van der Waals surface area contributed by atoms with Gasteiger partial charge in [0.1, 0.15) is 0 Å². The van der Waals surface area contributed by atoms with Crippen molar-refractivity contribution < 1.29 is 9.59 Å². The summed E-state index contributed by atoms with van der Waals surface area (Å²) in [5, 5.41) is 1.88. The summed E-state index contributed by atoms with van der Waals surface area (Å²) in [6, 6.07) is 33.9. The fraction of sp³-hybridized carbons (Fsp3) is 0.0385. The SMILES string of the molecule is CC(=O)C(C(=O)c1cccs1)=[As](c1ccccc1)(c1ccccc1)c1ccccc1. The van der Waals surface area contributed by atoms with E-state index >= 15 is 0 Å². The van der Waals surface area contributed by atoms with Gasteiger partial charge >= 0.3 is 183 Å². The molecule has 0 bridgehead atoms. The molecule has 2 nitrogen and oxygen atoms in total. The molecule has 0 N–H and O–H groups in total. The van der Waals surface area contributed by atoms with Gasteiger partial charge in [0.25, 0.3) is 0 Å². The van der Waals surface area contributed by atoms with E-state index in [-0.39, 0.29) is 11.6 Å². The van der Waals surface area contributed by atoms with Crippen LogP contribution in [-0.2, 0) is 4.79 Å². The predicted molar refractivity (Wildman–Crippen MR) is 128 cm³/mol. The van der Waals surface area contributed by atoms with Crippen LogP contribution in [0.5, 0.6) is 0 Å². The first-order valence-corrected chi connectivity index (χ1v) is 14.3. The number of carbonyl (C=O) groups is 2. The van der Waals surface area contributed by atoms with Crippen LogP contribution in [0.15, 0.2) is 109 Å². The fourth-order valence-electron chi connectivity index (χ4n) is 3.86. The standard InChI is InChI=1S/C26H21AsO2S/c1-20(28)25(26(29)24-18-11-19-30-24)27(21-12-5-2-6-13-21,22-14-7-3-8-15-22)23-16-9-4-10-17-23/h2-19H,1H3. The summed E-state index contributed by atoms with van der Waals surface area (Å²) in [6.45, 7) is 1.53. The van der Waals surface area contributed by atoms with Crippen molar-refractivity contribution in [2.24, 2.45) is 0 Å². The molecule has 0 spiro atoms. The number of hydrogen-bond donors (Lipinski definition) is 0. The van der Waals surface area contributed by atoms with E-state index in [0.29, 0.717) is 9.18 Å². The van der Waals surface area contributed by atoms with Gasteiger partial charge in [-0.25, -0.2) is 0 Å². The second-order valence-electron chi connectivity index (χ2n) is 6.89. The monoisotopic (exact) mass is 472 g/mol. The zero-order chi connectivity index (χ0) is 21.0. The van der Waals surface area contributed by atoms with Crippen molar-refractivity contribution in [1.29, 1.82) is 0 Å². The van der Waals surface area contributed by atoms with Crippen LogP contribution in [0.3, 0.4) is 0 Å². The van der Waals surface area contributed by atoms with Crippen LogP contribution in [0.2, 0.25) is 0 Å². The molecule has 0 aliphatic heterocycles. The van der Waals surface area contributed by atoms with Gasteiger partial charge in [-0.3, -0.25) is 0 Å². The molecule has 3 aromatic carbocycles. The van der Waals surface area contributed by atoms with Crippen molar-refractivity contribution in [3.05, 3.63) is 113 Å². The number of benzene rings is 3. The van der Waals surface area contributed by atoms with E-state index in [1.807, 2.05) is 66.0 Å². The van der Waals surface area contributed by atoms with Crippen LogP contribution in [-0.4, -0.2) is 29.0 Å². The zero-order valence-corrected chi connectivity index (χ0v) is 19.3. The molecule has 1 aromatic heterocycles. The van der Waals surface area contributed by atoms with Crippen LogP contribution in [0.1, 0.15) is 16.6 Å². The predicted octanol–water partition coefficient (Wildman–Crippen LogP) is 3.44. The van der Waals surface area contributed by atoms with Crippen LogP contribution < -0.4 is 13.1 Å². The molecule has 0 amide bonds. The van der Waals surface area contributed by atoms with Gasteiger partial charge in [0, 0.05) is 0 Å². The van der Waals surface area contributed by atoms with Gasteiger partial charge in [-0.1, -0.05) is 0 Å². The maximum absolute atomic E-state index is 13.8. The molecule has 0 unspecified atom stereocenters. The first kappa shape index (κ1) is 20.4. The molecule has 0 saturated heterocycles. The van der Waals surface area contributed by atoms with Crippen LogP contribution in [0.4, 0.5) is 0 Å². The Morgan fingerprint density at radius 2 is 1.07 bits per heavy atom. The third kappa shape index (κ3) is 3.56. The Morgan fingerprint density at radius 1 is 0.633 bits per heavy atom. The Morgan fingerprint density at radius 3 is 1.40 bits per heavy atom. The minimum absolute atomic E-state index is 0.151. The summed E-state index contributed by atoms with van der Waals surface area (Å²) < 4.78 is 3.61. The molecule has 0 aliphatic rings. The quantitative estimate of drug-likeness (QED) is 0.245. The molecule has 0 saturated carbocycles. The first-order chi connectivity index (χ1) is 14.7. The maximum atomic E-state index is 13.8. The summed E-state index contributed by atoms with van der Waals surface area (Å²) in [7, 11) is 0. The topological polar surface area (TPSA) is 34.1 Å². The van der Waals surface area contributed by atoms with Crippen molar-refractivity contribution in [3.63, 3.8) is 0 Å². The van der Waals surface area contributed by atoms with Gasteiger partial charge < -0.3 is 0 Å². The van der Waals surface area contributed by atoms with Gasteiger partial charge in [-0.15, -0.1) is 0 Å². The summed E-state index contributed by atoms with van der Waals surface area (Å²) in [6.07, 6.45) is 0. The molecular weight excluding hydrogens is 451 g/mol. The molecule has 4 heteroatoms. The average molecular weight is 472 g/mol. The Balaban J connectivity index is 2.26. The molecule has 4 rings (SSSR count). The van der Waals surface area contributed by atoms with E-state index in [1.54, 1.807) is 6.07 Å². The number of Topliss-reactive ketones (excluding diaryl/α,β-unsaturated/α-hetero) is 2. The number of carbonyl (C=O) groups excluding carboxylic acids is 2. The van der Waals surface area contributed by atoms with Crippen molar-refractivity contribution in [2.75, 3.05) is 0 Å². The van der Waals surface area contributed by atoms with Gasteiger partial charge in [0.05, 0.1) is 0 Å². The number of thiophene rings is 1. The van der Waals surface area contributed by atoms with Gasteiger partial charge in [-0.05, 0) is 0 Å². The van der Waals surface area contributed by atoms with Crippen LogP contribution in [0, 0.1) is 0 Å². The normalized spacial score (nSPS) is 11.1. The minimum atomic E-state index is -3.61. The summed E-state index contributed by atoms with van der Waals surface area (Å²) in [5.74, 6) is -0.306. The Bertz CT molecular complexity index is 1110. The van der Waals surface area contributed by atoms with E-state index in [0.717, 1.165) is 13.1 Å². The van der Waals surface area contributed by atoms with Gasteiger partial charge in [0.2, 0.25) is 0 Å². The molecule has 0 radical (unpaired) electrons. The number of hydrogen-bond acceptors (Lipinski definition) is 3. The van der Waals surface area contributed by atoms with Gasteiger partial charge in [-0.2, -0.15) is 0 Å². The Hall–Kier alpha value is -2.87. The molecule has 1 heterocycles. The van der Waals surface area contributed by atoms with Crippen molar-refractivity contribution in [1.82, 2.24) is 0 Å². The van der Waals surface area contributed by atoms with Crippen molar-refractivity contribution in [3.8, 4) is 0 Å². The van der Waals surface area contributed by atoms with E-state index in [9.17, 15) is 9.59 Å². The number of ketones is 2. The van der Waals surface area contributed by atoms with Crippen molar-refractivity contribution in [2.45, 2.75) is 6.92 Å². The average Bonchev–Trinajstić information content (AvgIpc) is 3.34. The van der Waals surface area contributed by atoms with E-state index < -0.39 is 13.1 Å². The van der Waals surface area contributed by atoms with E-state index in [2.05, 4.69) is 36.4 Å². The van der Waals surface area contributed by atoms with Crippen molar-refractivity contribution >= 4 is 53.4 Å². The Labute approximate surface area is 182 Å². The molecule has 148 valence electrons. The Kier molecular flexibility index (Phi) is 6.03. The third-order valence-electron chi connectivity index (χ3n) is 5.06. The molecular formula is C26H21AsO2S. The van der Waals surface area contributed by atoms with Gasteiger partial charge in [0.15, 0.2) is 0 Å². The second kappa shape index (κ2) is 8.87. The van der Waals surface area contributed by atoms with E-state index in [1.165, 1.54) is 18.3 Å². The third-order valence-corrected chi connectivity index (χ3v) is 15.2. The zero-order valence-electron chi connectivity index (χ0n) is 16.6. The molecule has 4 aromatic rings. The first-order valence-electron chi connectivity index (χ1n) is 9.68.